The molecule has 1 fully saturated rings. The van der Waals surface area contributed by atoms with Crippen molar-refractivity contribution in [3.8, 4) is 0 Å². The number of unbranched alkanes of at least 4 members (excludes halogenated alkanes) is 11. The quantitative estimate of drug-likeness (QED) is 0.0601. The van der Waals surface area contributed by atoms with Crippen LogP contribution in [-0.4, -0.2) is 95.6 Å². The second kappa shape index (κ2) is 43.0. The Balaban J connectivity index is -0.00000250. The highest BCUT2D eigenvalue weighted by Crippen LogP contribution is 2.14. The summed E-state index contributed by atoms with van der Waals surface area (Å²) in [5.74, 6) is 0. The molecule has 0 atom stereocenters. The number of ether oxygens (including phenoxy) is 4. The molecule has 0 amide bonds. The highest BCUT2D eigenvalue weighted by molar-refractivity contribution is 6.66. The van der Waals surface area contributed by atoms with Crippen molar-refractivity contribution in [1.29, 1.82) is 0 Å². The summed E-state index contributed by atoms with van der Waals surface area (Å²) in [6, 6.07) is 0. The highest BCUT2D eigenvalue weighted by Gasteiger charge is 2.46. The average Bonchev–Trinajstić information content (AvgIpc) is 3.05. The zero-order valence-electron chi connectivity index (χ0n) is 27.3. The van der Waals surface area contributed by atoms with E-state index in [0.29, 0.717) is 52.9 Å². The van der Waals surface area contributed by atoms with Crippen LogP contribution in [0.2, 0.25) is 0 Å². The molecule has 0 spiro atoms. The Kier molecular flexibility index (Phi) is 46.3. The van der Waals surface area contributed by atoms with Gasteiger partial charge in [0.25, 0.3) is 0 Å². The minimum absolute atomic E-state index is 0.277. The van der Waals surface area contributed by atoms with Crippen LogP contribution >= 0.6 is 0 Å². The van der Waals surface area contributed by atoms with E-state index in [1.165, 1.54) is 64.2 Å². The van der Waals surface area contributed by atoms with E-state index in [1.54, 1.807) is 14.2 Å². The van der Waals surface area contributed by atoms with Gasteiger partial charge in [-0.25, -0.2) is 0 Å². The van der Waals surface area contributed by atoms with Gasteiger partial charge < -0.3 is 46.6 Å². The first-order valence-corrected chi connectivity index (χ1v) is 15.4. The van der Waals surface area contributed by atoms with E-state index in [-0.39, 0.29) is 6.61 Å². The topological polar surface area (TPSA) is 126 Å². The third kappa shape index (κ3) is 35.2. The highest BCUT2D eigenvalue weighted by atomic mass is 16.9. The maximum Gasteiger partial charge on any atom is 0.615 e. The van der Waals surface area contributed by atoms with Gasteiger partial charge in [0.2, 0.25) is 0 Å². The van der Waals surface area contributed by atoms with E-state index in [4.69, 9.17) is 56.6 Å². The summed E-state index contributed by atoms with van der Waals surface area (Å²) in [6.07, 6.45) is 15.5. The van der Waals surface area contributed by atoms with E-state index in [2.05, 4.69) is 33.2 Å². The summed E-state index contributed by atoms with van der Waals surface area (Å²) in [5, 5.41) is 0. The maximum absolute atomic E-state index is 7.00. The number of rotatable bonds is 28. The molecule has 1 rings (SSSR count). The summed E-state index contributed by atoms with van der Waals surface area (Å²) in [7, 11) is 0.379. The Hall–Kier alpha value is -1.13. The van der Waals surface area contributed by atoms with E-state index in [9.17, 15) is 0 Å². The summed E-state index contributed by atoms with van der Waals surface area (Å²) in [6.45, 7) is 18.3. The van der Waals surface area contributed by atoms with Gasteiger partial charge in [-0.15, -0.1) is 26.3 Å². The molecule has 0 unspecified atom stereocenters. The third-order valence-corrected chi connectivity index (χ3v) is 5.75. The van der Waals surface area contributed by atoms with Crippen molar-refractivity contribution < 1.29 is 46.6 Å². The van der Waals surface area contributed by atoms with Crippen molar-refractivity contribution in [2.45, 2.75) is 84.0 Å². The van der Waals surface area contributed by atoms with Gasteiger partial charge in [-0.05, 0) is 6.42 Å². The molecule has 252 valence electrons. The first-order chi connectivity index (χ1) is 21.3. The van der Waals surface area contributed by atoms with Crippen LogP contribution in [0.5, 0.6) is 0 Å². The second-order valence-corrected chi connectivity index (χ2v) is 8.99. The Morgan fingerprint density at radius 1 is 0.442 bits per heavy atom. The molecule has 0 aromatic carbocycles. The summed E-state index contributed by atoms with van der Waals surface area (Å²) >= 11 is 0. The first kappa shape index (κ1) is 46.3. The zero-order chi connectivity index (χ0) is 32.7. The number of hydrogen-bond donors (Lipinski definition) is 0. The fourth-order valence-electron chi connectivity index (χ4n) is 3.62. The number of hydrogen-bond acceptors (Lipinski definition) is 12. The van der Waals surface area contributed by atoms with E-state index in [0.717, 1.165) is 12.8 Å². The van der Waals surface area contributed by atoms with Crippen LogP contribution in [-0.2, 0) is 46.6 Å². The van der Waals surface area contributed by atoms with Gasteiger partial charge in [-0.1, -0.05) is 77.6 Å². The van der Waals surface area contributed by atoms with Crippen LogP contribution in [0.1, 0.15) is 84.0 Å². The van der Waals surface area contributed by atoms with Crippen LogP contribution in [0.25, 0.3) is 0 Å². The molecule has 1 saturated heterocycles. The average molecular weight is 620 g/mol. The Morgan fingerprint density at radius 3 is 1.16 bits per heavy atom. The van der Waals surface area contributed by atoms with E-state index < -0.39 is 22.0 Å². The smallest absolute Gasteiger partial charge is 0.400 e. The molecule has 0 N–H and O–H groups in total. The molecule has 1 heterocycles. The third-order valence-electron chi connectivity index (χ3n) is 5.75. The van der Waals surface area contributed by atoms with Crippen molar-refractivity contribution in [3.05, 3.63) is 36.2 Å². The van der Waals surface area contributed by atoms with Crippen molar-refractivity contribution >= 4 is 22.0 Å². The molecule has 1 aliphatic rings. The fraction of sp³-hybridized carbons (Fsp3) is 0.857. The molecule has 12 nitrogen and oxygen atoms in total. The molecule has 0 aromatic heterocycles. The van der Waals surface area contributed by atoms with Crippen LogP contribution < -0.4 is 0 Å². The van der Waals surface area contributed by atoms with Gasteiger partial charge in [0.05, 0.1) is 52.9 Å². The van der Waals surface area contributed by atoms with Gasteiger partial charge in [0.15, 0.2) is 0 Å². The molecule has 43 heavy (non-hydrogen) atoms. The summed E-state index contributed by atoms with van der Waals surface area (Å²) in [4.78, 5) is 14.0. The minimum atomic E-state index is -0.977. The molecule has 0 radical (unpaired) electrons. The van der Waals surface area contributed by atoms with Gasteiger partial charge in [0, 0.05) is 30.8 Å². The van der Waals surface area contributed by atoms with Gasteiger partial charge in [-0.3, -0.25) is 0 Å². The van der Waals surface area contributed by atoms with Crippen LogP contribution in [0.3, 0.4) is 0 Å². The van der Waals surface area contributed by atoms with Gasteiger partial charge >= 0.3 is 22.0 Å². The Labute approximate surface area is 262 Å². The molecule has 15 heteroatoms. The van der Waals surface area contributed by atoms with Crippen molar-refractivity contribution in [3.63, 3.8) is 0 Å². The van der Waals surface area contributed by atoms with Crippen molar-refractivity contribution in [1.82, 2.24) is 0 Å². The molecule has 0 bridgehead atoms. The predicted molar refractivity (Wildman–Crippen MR) is 174 cm³/mol. The van der Waals surface area contributed by atoms with Crippen molar-refractivity contribution in [2.75, 3.05) is 73.7 Å². The van der Waals surface area contributed by atoms with Gasteiger partial charge in [0.1, 0.15) is 0 Å². The molecule has 1 aliphatic heterocycles. The first-order valence-electron chi connectivity index (χ1n) is 15.4. The Morgan fingerprint density at radius 2 is 0.744 bits per heavy atom. The fourth-order valence-corrected chi connectivity index (χ4v) is 3.62. The number of methoxy groups -OCH3 is 2. The largest absolute Gasteiger partial charge is 0.615 e. The molecule has 0 saturated carbocycles. The summed E-state index contributed by atoms with van der Waals surface area (Å²) < 4.78 is 54.4. The lowest BCUT2D eigenvalue weighted by atomic mass is 9.96. The van der Waals surface area contributed by atoms with Crippen LogP contribution in [0, 0.1) is 9.93 Å². The van der Waals surface area contributed by atoms with E-state index >= 15 is 0 Å². The zero-order valence-corrected chi connectivity index (χ0v) is 27.3. The normalized spacial score (nSPS) is 12.5. The Bertz CT molecular complexity index is 513. The second-order valence-electron chi connectivity index (χ2n) is 8.99. The summed E-state index contributed by atoms with van der Waals surface area (Å²) in [5.41, 5.74) is 0. The van der Waals surface area contributed by atoms with Crippen LogP contribution in [0.4, 0.5) is 0 Å². The minimum Gasteiger partial charge on any atom is -0.400 e. The lowest BCUT2D eigenvalue weighted by Crippen LogP contribution is -2.53. The molecular weight excluding hydrogens is 561 g/mol. The molecule has 0 aliphatic carbocycles. The monoisotopic (exact) mass is 620 g/mol. The maximum atomic E-state index is 7.00. The SMILES string of the molecule is C=C.C=C.CCCCCCCCCCCCCCOB1OB(OCCOC)OB(OCCOCCOCCOC)O1.O=O. The predicted octanol–water partition coefficient (Wildman–Crippen LogP) is 5.75. The van der Waals surface area contributed by atoms with Gasteiger partial charge in [-0.2, -0.15) is 0 Å². The molecular formula is C28H59B3O12. The van der Waals surface area contributed by atoms with Crippen molar-refractivity contribution in [2.24, 2.45) is 0 Å². The van der Waals surface area contributed by atoms with Crippen LogP contribution in [0.15, 0.2) is 26.3 Å². The molecule has 0 aromatic rings. The lowest BCUT2D eigenvalue weighted by molar-refractivity contribution is 0.00891. The lowest BCUT2D eigenvalue weighted by Gasteiger charge is -2.28. The van der Waals surface area contributed by atoms with E-state index in [1.807, 2.05) is 0 Å². The standard InChI is InChI=1S/C24H51B3O10.2C2H4.O2/c1-4-5-6-7-8-9-10-11-12-13-14-15-16-32-25-35-26(33-23-18-29-3)37-27(36-25)34-24-22-31-21-20-30-19-17-28-2;3*1-2/h4-24H2,1-3H3;2*1-2H2;.